The molecule has 21 heavy (non-hydrogen) atoms. The van der Waals surface area contributed by atoms with Crippen LogP contribution in [0.1, 0.15) is 31.1 Å². The van der Waals surface area contributed by atoms with Crippen molar-refractivity contribution in [2.24, 2.45) is 0 Å². The molecule has 116 valence electrons. The Morgan fingerprint density at radius 2 is 1.81 bits per heavy atom. The summed E-state index contributed by atoms with van der Waals surface area (Å²) in [6.45, 7) is 6.51. The summed E-state index contributed by atoms with van der Waals surface area (Å²) in [7, 11) is 3.38. The Morgan fingerprint density at radius 3 is 2.33 bits per heavy atom. The smallest absolute Gasteiger partial charge is 0.256 e. The fourth-order valence-corrected chi connectivity index (χ4v) is 1.91. The molecule has 0 aliphatic carbocycles. The quantitative estimate of drug-likeness (QED) is 0.873. The van der Waals surface area contributed by atoms with Crippen molar-refractivity contribution in [2.45, 2.75) is 26.8 Å². The highest BCUT2D eigenvalue weighted by molar-refractivity contribution is 6.01. The van der Waals surface area contributed by atoms with Gasteiger partial charge in [0.1, 0.15) is 0 Å². The van der Waals surface area contributed by atoms with Gasteiger partial charge in [-0.05, 0) is 32.9 Å². The lowest BCUT2D eigenvalue weighted by molar-refractivity contribution is -0.129. The van der Waals surface area contributed by atoms with Crippen LogP contribution in [0.15, 0.2) is 24.3 Å². The van der Waals surface area contributed by atoms with Crippen molar-refractivity contribution < 1.29 is 9.59 Å². The maximum absolute atomic E-state index is 12.7. The summed E-state index contributed by atoms with van der Waals surface area (Å²) in [6.07, 6.45) is 0. The number of benzene rings is 1. The Labute approximate surface area is 126 Å². The standard InChI is InChI=1S/C16H25N3O2/c1-6-19(11-15(20)18(4)5)16(21)13-9-7-8-10-14(13)17-12(2)3/h7-10,12,17H,6,11H2,1-5H3. The molecule has 0 aromatic heterocycles. The summed E-state index contributed by atoms with van der Waals surface area (Å²) >= 11 is 0. The first-order chi connectivity index (χ1) is 9.86. The largest absolute Gasteiger partial charge is 0.382 e. The minimum Gasteiger partial charge on any atom is -0.382 e. The second-order valence-corrected chi connectivity index (χ2v) is 5.45. The highest BCUT2D eigenvalue weighted by atomic mass is 16.2. The third-order valence-electron chi connectivity index (χ3n) is 3.10. The topological polar surface area (TPSA) is 52.7 Å². The molecule has 0 aliphatic rings. The van der Waals surface area contributed by atoms with Crippen molar-refractivity contribution in [1.82, 2.24) is 9.80 Å². The monoisotopic (exact) mass is 291 g/mol. The van der Waals surface area contributed by atoms with E-state index in [-0.39, 0.29) is 24.4 Å². The van der Waals surface area contributed by atoms with Crippen LogP contribution in [0.3, 0.4) is 0 Å². The number of amides is 2. The van der Waals surface area contributed by atoms with E-state index in [0.29, 0.717) is 12.1 Å². The van der Waals surface area contributed by atoms with Gasteiger partial charge in [0.15, 0.2) is 0 Å². The van der Waals surface area contributed by atoms with Crippen LogP contribution in [0.5, 0.6) is 0 Å². The third kappa shape index (κ3) is 4.77. The number of hydrogen-bond donors (Lipinski definition) is 1. The first-order valence-corrected chi connectivity index (χ1v) is 7.21. The van der Waals surface area contributed by atoms with Crippen LogP contribution >= 0.6 is 0 Å². The zero-order chi connectivity index (χ0) is 16.0. The van der Waals surface area contributed by atoms with Crippen LogP contribution < -0.4 is 5.32 Å². The van der Waals surface area contributed by atoms with Crippen molar-refractivity contribution in [1.29, 1.82) is 0 Å². The molecule has 1 N–H and O–H groups in total. The third-order valence-corrected chi connectivity index (χ3v) is 3.10. The highest BCUT2D eigenvalue weighted by Gasteiger charge is 2.20. The number of nitrogens with one attached hydrogen (secondary N) is 1. The lowest BCUT2D eigenvalue weighted by atomic mass is 10.1. The SMILES string of the molecule is CCN(CC(=O)N(C)C)C(=O)c1ccccc1NC(C)C. The van der Waals surface area contributed by atoms with Crippen LogP contribution in [0, 0.1) is 0 Å². The van der Waals surface area contributed by atoms with Crippen molar-refractivity contribution in [3.63, 3.8) is 0 Å². The fraction of sp³-hybridized carbons (Fsp3) is 0.500. The molecule has 0 fully saturated rings. The minimum absolute atomic E-state index is 0.0838. The number of para-hydroxylation sites is 1. The summed E-state index contributed by atoms with van der Waals surface area (Å²) in [5.74, 6) is -0.212. The maximum Gasteiger partial charge on any atom is 0.256 e. The van der Waals surface area contributed by atoms with E-state index < -0.39 is 0 Å². The van der Waals surface area contributed by atoms with E-state index in [4.69, 9.17) is 0 Å². The van der Waals surface area contributed by atoms with E-state index in [1.807, 2.05) is 39.0 Å². The van der Waals surface area contributed by atoms with Crippen molar-refractivity contribution in [3.05, 3.63) is 29.8 Å². The van der Waals surface area contributed by atoms with Gasteiger partial charge in [-0.3, -0.25) is 9.59 Å². The Morgan fingerprint density at radius 1 is 1.19 bits per heavy atom. The van der Waals surface area contributed by atoms with Crippen LogP contribution in [0.4, 0.5) is 5.69 Å². The van der Waals surface area contributed by atoms with Gasteiger partial charge in [0.25, 0.3) is 5.91 Å². The molecule has 2 amide bonds. The number of nitrogens with zero attached hydrogens (tertiary/aromatic N) is 2. The number of carbonyl (C=O) groups excluding carboxylic acids is 2. The fourth-order valence-electron chi connectivity index (χ4n) is 1.91. The molecule has 0 bridgehead atoms. The van der Waals surface area contributed by atoms with Crippen molar-refractivity contribution >= 4 is 17.5 Å². The lowest BCUT2D eigenvalue weighted by Crippen LogP contribution is -2.40. The van der Waals surface area contributed by atoms with Gasteiger partial charge < -0.3 is 15.1 Å². The Balaban J connectivity index is 2.97. The van der Waals surface area contributed by atoms with Gasteiger partial charge >= 0.3 is 0 Å². The molecular weight excluding hydrogens is 266 g/mol. The Hall–Kier alpha value is -2.04. The van der Waals surface area contributed by atoms with E-state index in [0.717, 1.165) is 5.69 Å². The number of rotatable bonds is 6. The average molecular weight is 291 g/mol. The van der Waals surface area contributed by atoms with Crippen LogP contribution in [-0.2, 0) is 4.79 Å². The summed E-state index contributed by atoms with van der Waals surface area (Å²) in [5.41, 5.74) is 1.40. The lowest BCUT2D eigenvalue weighted by Gasteiger charge is -2.24. The summed E-state index contributed by atoms with van der Waals surface area (Å²) in [5, 5.41) is 3.27. The maximum atomic E-state index is 12.7. The van der Waals surface area contributed by atoms with Gasteiger partial charge in [-0.1, -0.05) is 12.1 Å². The predicted octanol–water partition coefficient (Wildman–Crippen LogP) is 2.06. The highest BCUT2D eigenvalue weighted by Crippen LogP contribution is 2.18. The van der Waals surface area contributed by atoms with Crippen LogP contribution in [-0.4, -0.2) is 54.8 Å². The van der Waals surface area contributed by atoms with E-state index in [1.165, 1.54) is 4.90 Å². The number of likely N-dealkylation sites (N-methyl/N-ethyl adjacent to an activating group) is 2. The molecule has 5 heteroatoms. The van der Waals surface area contributed by atoms with E-state index in [1.54, 1.807) is 25.1 Å². The van der Waals surface area contributed by atoms with Gasteiger partial charge in [-0.25, -0.2) is 0 Å². The molecule has 1 aromatic rings. The number of anilines is 1. The van der Waals surface area contributed by atoms with Gasteiger partial charge in [-0.2, -0.15) is 0 Å². The molecule has 0 atom stereocenters. The first-order valence-electron chi connectivity index (χ1n) is 7.21. The minimum atomic E-state index is -0.128. The van der Waals surface area contributed by atoms with Gasteiger partial charge in [0.2, 0.25) is 5.91 Å². The molecule has 0 radical (unpaired) electrons. The number of carbonyl (C=O) groups is 2. The molecule has 0 spiro atoms. The Kier molecular flexibility index (Phi) is 6.21. The molecule has 0 unspecified atom stereocenters. The summed E-state index contributed by atoms with van der Waals surface area (Å²) < 4.78 is 0. The summed E-state index contributed by atoms with van der Waals surface area (Å²) in [4.78, 5) is 27.5. The summed E-state index contributed by atoms with van der Waals surface area (Å²) in [6, 6.07) is 7.63. The van der Waals surface area contributed by atoms with Crippen LogP contribution in [0.2, 0.25) is 0 Å². The van der Waals surface area contributed by atoms with Gasteiger partial charge in [0, 0.05) is 32.4 Å². The molecule has 0 heterocycles. The zero-order valence-electron chi connectivity index (χ0n) is 13.5. The molecule has 0 saturated carbocycles. The van der Waals surface area contributed by atoms with Gasteiger partial charge in [-0.15, -0.1) is 0 Å². The normalized spacial score (nSPS) is 10.4. The van der Waals surface area contributed by atoms with Gasteiger partial charge in [0.05, 0.1) is 12.1 Å². The molecule has 0 saturated heterocycles. The number of hydrogen-bond acceptors (Lipinski definition) is 3. The van der Waals surface area contributed by atoms with E-state index >= 15 is 0 Å². The molecule has 0 aliphatic heterocycles. The van der Waals surface area contributed by atoms with Crippen molar-refractivity contribution in [2.75, 3.05) is 32.5 Å². The van der Waals surface area contributed by atoms with Crippen molar-refractivity contribution in [3.8, 4) is 0 Å². The molecule has 1 rings (SSSR count). The Bertz CT molecular complexity index is 498. The zero-order valence-corrected chi connectivity index (χ0v) is 13.5. The van der Waals surface area contributed by atoms with E-state index in [2.05, 4.69) is 5.32 Å². The molecule has 1 aromatic carbocycles. The molecule has 5 nitrogen and oxygen atoms in total. The average Bonchev–Trinajstić information content (AvgIpc) is 2.43. The second kappa shape index (κ2) is 7.67. The molecular formula is C16H25N3O2. The second-order valence-electron chi connectivity index (χ2n) is 5.45. The van der Waals surface area contributed by atoms with E-state index in [9.17, 15) is 9.59 Å². The van der Waals surface area contributed by atoms with Crippen LogP contribution in [0.25, 0.3) is 0 Å². The predicted molar refractivity (Wildman–Crippen MR) is 85.5 cm³/mol. The first kappa shape index (κ1) is 17.0.